The maximum atomic E-state index is 8.79. The minimum absolute atomic E-state index is 0.598. The highest BCUT2D eigenvalue weighted by Crippen LogP contribution is 2.19. The van der Waals surface area contributed by atoms with Gasteiger partial charge in [0.15, 0.2) is 0 Å². The number of benzene rings is 1. The van der Waals surface area contributed by atoms with E-state index in [-0.39, 0.29) is 0 Å². The van der Waals surface area contributed by atoms with Crippen LogP contribution in [-0.4, -0.2) is 31.2 Å². The Morgan fingerprint density at radius 1 is 1.39 bits per heavy atom. The van der Waals surface area contributed by atoms with Gasteiger partial charge in [-0.2, -0.15) is 5.26 Å². The minimum atomic E-state index is 0.598. The first kappa shape index (κ1) is 15.0. The number of hydrogen-bond acceptors (Lipinski definition) is 3. The molecule has 3 nitrogen and oxygen atoms in total. The topological polar surface area (TPSA) is 36.3 Å². The van der Waals surface area contributed by atoms with E-state index in [1.807, 2.05) is 13.0 Å². The van der Waals surface area contributed by atoms with Crippen molar-refractivity contribution in [2.24, 2.45) is 0 Å². The van der Waals surface area contributed by atoms with Crippen molar-refractivity contribution in [3.05, 3.63) is 34.3 Å². The number of halogens is 1. The van der Waals surface area contributed by atoms with Crippen molar-refractivity contribution in [3.8, 4) is 6.07 Å². The molecule has 0 atom stereocenters. The predicted molar refractivity (Wildman–Crippen MR) is 73.6 cm³/mol. The van der Waals surface area contributed by atoms with Crippen molar-refractivity contribution in [2.75, 3.05) is 26.3 Å². The first-order valence-corrected chi connectivity index (χ1v) is 6.57. The summed E-state index contributed by atoms with van der Waals surface area (Å²) in [6.07, 6.45) is 0. The van der Waals surface area contributed by atoms with Gasteiger partial charge < -0.3 is 4.74 Å². The Morgan fingerprint density at radius 3 is 2.72 bits per heavy atom. The van der Waals surface area contributed by atoms with Crippen molar-refractivity contribution >= 4 is 11.6 Å². The van der Waals surface area contributed by atoms with Crippen molar-refractivity contribution in [3.63, 3.8) is 0 Å². The molecule has 0 aliphatic rings. The summed E-state index contributed by atoms with van der Waals surface area (Å²) < 4.78 is 5.35. The highest BCUT2D eigenvalue weighted by molar-refractivity contribution is 6.31. The van der Waals surface area contributed by atoms with Crippen LogP contribution in [0.15, 0.2) is 18.2 Å². The van der Waals surface area contributed by atoms with Gasteiger partial charge in [0.25, 0.3) is 0 Å². The smallest absolute Gasteiger partial charge is 0.0992 e. The summed E-state index contributed by atoms with van der Waals surface area (Å²) in [4.78, 5) is 2.27. The van der Waals surface area contributed by atoms with E-state index in [1.54, 1.807) is 12.1 Å². The average molecular weight is 267 g/mol. The molecule has 0 aliphatic heterocycles. The number of nitrogens with zero attached hydrogens (tertiary/aromatic N) is 2. The van der Waals surface area contributed by atoms with Gasteiger partial charge in [-0.3, -0.25) is 4.90 Å². The van der Waals surface area contributed by atoms with Gasteiger partial charge in [-0.05, 0) is 31.2 Å². The fraction of sp³-hybridized carbons (Fsp3) is 0.500. The molecule has 98 valence electrons. The van der Waals surface area contributed by atoms with E-state index in [0.29, 0.717) is 10.6 Å². The van der Waals surface area contributed by atoms with E-state index in [2.05, 4.69) is 17.9 Å². The van der Waals surface area contributed by atoms with Crippen molar-refractivity contribution in [1.82, 2.24) is 4.90 Å². The fourth-order valence-electron chi connectivity index (χ4n) is 1.67. The summed E-state index contributed by atoms with van der Waals surface area (Å²) in [5.41, 5.74) is 1.65. The summed E-state index contributed by atoms with van der Waals surface area (Å²) >= 11 is 6.16. The van der Waals surface area contributed by atoms with Crippen LogP contribution < -0.4 is 0 Å². The molecular weight excluding hydrogens is 248 g/mol. The molecule has 0 fully saturated rings. The summed E-state index contributed by atoms with van der Waals surface area (Å²) in [5.74, 6) is 0. The SMILES string of the molecule is CCOCCN(CC)Cc1ccc(C#N)cc1Cl. The van der Waals surface area contributed by atoms with Crippen molar-refractivity contribution in [2.45, 2.75) is 20.4 Å². The second kappa shape index (κ2) is 8.10. The molecule has 0 bridgehead atoms. The van der Waals surface area contributed by atoms with E-state index in [1.165, 1.54) is 0 Å². The molecule has 0 saturated heterocycles. The van der Waals surface area contributed by atoms with Gasteiger partial charge >= 0.3 is 0 Å². The number of hydrogen-bond donors (Lipinski definition) is 0. The summed E-state index contributed by atoms with van der Waals surface area (Å²) in [7, 11) is 0. The van der Waals surface area contributed by atoms with E-state index < -0.39 is 0 Å². The molecule has 0 aliphatic carbocycles. The quantitative estimate of drug-likeness (QED) is 0.712. The maximum absolute atomic E-state index is 8.79. The van der Waals surface area contributed by atoms with Crippen LogP contribution in [0.1, 0.15) is 25.0 Å². The highest BCUT2D eigenvalue weighted by Gasteiger charge is 2.07. The van der Waals surface area contributed by atoms with Crippen LogP contribution in [0, 0.1) is 11.3 Å². The average Bonchev–Trinajstić information content (AvgIpc) is 2.39. The molecule has 0 saturated carbocycles. The van der Waals surface area contributed by atoms with Gasteiger partial charge in [-0.15, -0.1) is 0 Å². The molecule has 18 heavy (non-hydrogen) atoms. The van der Waals surface area contributed by atoms with Crippen LogP contribution in [0.25, 0.3) is 0 Å². The molecule has 0 unspecified atom stereocenters. The monoisotopic (exact) mass is 266 g/mol. The number of likely N-dealkylation sites (N-methyl/N-ethyl adjacent to an activating group) is 1. The Kier molecular flexibility index (Phi) is 6.74. The molecule has 0 heterocycles. The van der Waals surface area contributed by atoms with E-state index in [0.717, 1.165) is 38.4 Å². The third-order valence-corrected chi connectivity index (χ3v) is 3.13. The van der Waals surface area contributed by atoms with Crippen LogP contribution in [-0.2, 0) is 11.3 Å². The number of rotatable bonds is 7. The molecule has 0 radical (unpaired) electrons. The lowest BCUT2D eigenvalue weighted by atomic mass is 10.1. The van der Waals surface area contributed by atoms with E-state index in [4.69, 9.17) is 21.6 Å². The third kappa shape index (κ3) is 4.66. The number of ether oxygens (including phenoxy) is 1. The van der Waals surface area contributed by atoms with E-state index >= 15 is 0 Å². The zero-order chi connectivity index (χ0) is 13.4. The molecule has 0 amide bonds. The lowest BCUT2D eigenvalue weighted by molar-refractivity contribution is 0.113. The fourth-order valence-corrected chi connectivity index (χ4v) is 1.91. The first-order chi connectivity index (χ1) is 8.71. The van der Waals surface area contributed by atoms with E-state index in [9.17, 15) is 0 Å². The molecular formula is C14H19ClN2O. The summed E-state index contributed by atoms with van der Waals surface area (Å²) in [6.45, 7) is 8.21. The van der Waals surface area contributed by atoms with Gasteiger partial charge in [0.2, 0.25) is 0 Å². The zero-order valence-electron chi connectivity index (χ0n) is 10.9. The second-order valence-electron chi connectivity index (χ2n) is 3.98. The van der Waals surface area contributed by atoms with Gasteiger partial charge in [-0.1, -0.05) is 24.6 Å². The Labute approximate surface area is 114 Å². The summed E-state index contributed by atoms with van der Waals surface area (Å²) in [5, 5.41) is 9.45. The van der Waals surface area contributed by atoms with Crippen LogP contribution in [0.5, 0.6) is 0 Å². The van der Waals surface area contributed by atoms with Gasteiger partial charge in [0.05, 0.1) is 18.2 Å². The van der Waals surface area contributed by atoms with Gasteiger partial charge in [-0.25, -0.2) is 0 Å². The second-order valence-corrected chi connectivity index (χ2v) is 4.39. The van der Waals surface area contributed by atoms with Crippen LogP contribution in [0.4, 0.5) is 0 Å². The normalized spacial score (nSPS) is 10.6. The molecule has 0 aromatic heterocycles. The lowest BCUT2D eigenvalue weighted by Crippen LogP contribution is -2.27. The Bertz CT molecular complexity index is 415. The molecule has 1 aromatic carbocycles. The molecule has 0 spiro atoms. The Morgan fingerprint density at radius 2 is 2.17 bits per heavy atom. The zero-order valence-corrected chi connectivity index (χ0v) is 11.7. The first-order valence-electron chi connectivity index (χ1n) is 6.19. The molecule has 1 aromatic rings. The minimum Gasteiger partial charge on any atom is -0.380 e. The van der Waals surface area contributed by atoms with Crippen LogP contribution in [0.2, 0.25) is 5.02 Å². The molecule has 0 N–H and O–H groups in total. The molecule has 4 heteroatoms. The number of nitriles is 1. The third-order valence-electron chi connectivity index (χ3n) is 2.78. The van der Waals surface area contributed by atoms with Crippen LogP contribution in [0.3, 0.4) is 0 Å². The lowest BCUT2D eigenvalue weighted by Gasteiger charge is -2.20. The van der Waals surface area contributed by atoms with Crippen molar-refractivity contribution in [1.29, 1.82) is 5.26 Å². The van der Waals surface area contributed by atoms with Gasteiger partial charge in [0, 0.05) is 24.7 Å². The Hall–Kier alpha value is -1.08. The highest BCUT2D eigenvalue weighted by atomic mass is 35.5. The summed E-state index contributed by atoms with van der Waals surface area (Å²) in [6, 6.07) is 7.53. The molecule has 1 rings (SSSR count). The predicted octanol–water partition coefficient (Wildman–Crippen LogP) is 3.07. The van der Waals surface area contributed by atoms with Gasteiger partial charge in [0.1, 0.15) is 0 Å². The maximum Gasteiger partial charge on any atom is 0.0992 e. The van der Waals surface area contributed by atoms with Crippen molar-refractivity contribution < 1.29 is 4.74 Å². The van der Waals surface area contributed by atoms with Crippen LogP contribution >= 0.6 is 11.6 Å². The standard InChI is InChI=1S/C14H19ClN2O/c1-3-17(7-8-18-4-2)11-13-6-5-12(10-16)9-14(13)15/h5-6,9H,3-4,7-8,11H2,1-2H3. The largest absolute Gasteiger partial charge is 0.380 e. The Balaban J connectivity index is 2.61.